The van der Waals surface area contributed by atoms with Crippen LogP contribution < -0.4 is 0 Å². The molecule has 2 aromatic heterocycles. The molecule has 6 heteroatoms. The molecule has 0 spiro atoms. The molecule has 6 nitrogen and oxygen atoms in total. The van der Waals surface area contributed by atoms with Gasteiger partial charge in [0.15, 0.2) is 11.5 Å². The molecule has 42 heavy (non-hydrogen) atoms. The summed E-state index contributed by atoms with van der Waals surface area (Å²) < 4.78 is 0. The smallest absolute Gasteiger partial charge is 0.169 e. The molecule has 0 fully saturated rings. The third kappa shape index (κ3) is 4.51. The summed E-state index contributed by atoms with van der Waals surface area (Å²) in [5.41, 5.74) is 7.74. The van der Waals surface area contributed by atoms with E-state index >= 15 is 0 Å². The lowest BCUT2D eigenvalue weighted by molar-refractivity contribution is 0.406. The predicted octanol–water partition coefficient (Wildman–Crippen LogP) is 8.55. The molecule has 0 atom stereocenters. The van der Waals surface area contributed by atoms with Crippen LogP contribution in [0.1, 0.15) is 0 Å². The molecule has 0 amide bonds. The van der Waals surface area contributed by atoms with Gasteiger partial charge in [-0.3, -0.25) is 0 Å². The van der Waals surface area contributed by atoms with Crippen molar-refractivity contribution in [2.24, 2.45) is 0 Å². The number of phenols is 2. The van der Waals surface area contributed by atoms with Crippen LogP contribution >= 0.6 is 0 Å². The van der Waals surface area contributed by atoms with Gasteiger partial charge in [-0.2, -0.15) is 0 Å². The molecule has 5 aromatic carbocycles. The van der Waals surface area contributed by atoms with Crippen LogP contribution in [-0.2, 0) is 0 Å². The van der Waals surface area contributed by atoms with Crippen molar-refractivity contribution in [1.82, 2.24) is 19.9 Å². The van der Waals surface area contributed by atoms with Crippen LogP contribution in [0.4, 0.5) is 0 Å². The average molecular weight is 547 g/mol. The second-order valence-corrected chi connectivity index (χ2v) is 9.94. The minimum atomic E-state index is -0.278. The Balaban J connectivity index is 1.34. The molecular formula is C36H26N4O2. The summed E-state index contributed by atoms with van der Waals surface area (Å²) in [6.45, 7) is 0. The fourth-order valence-electron chi connectivity index (χ4n) is 5.20. The summed E-state index contributed by atoms with van der Waals surface area (Å²) in [5, 5.41) is 22.6. The molecule has 0 radical (unpaired) electrons. The van der Waals surface area contributed by atoms with Gasteiger partial charge in [0.25, 0.3) is 0 Å². The van der Waals surface area contributed by atoms with Crippen molar-refractivity contribution in [2.75, 3.05) is 0 Å². The zero-order chi connectivity index (χ0) is 28.5. The van der Waals surface area contributed by atoms with Crippen LogP contribution in [0.25, 0.3) is 67.8 Å². The third-order valence-corrected chi connectivity index (χ3v) is 7.29. The number of hydrogen-bond acceptors (Lipinski definition) is 4. The molecule has 4 N–H and O–H groups in total. The van der Waals surface area contributed by atoms with Gasteiger partial charge in [0.05, 0.1) is 33.9 Å². The van der Waals surface area contributed by atoms with E-state index in [4.69, 9.17) is 9.97 Å². The zero-order valence-electron chi connectivity index (χ0n) is 22.5. The van der Waals surface area contributed by atoms with Gasteiger partial charge in [0, 0.05) is 22.3 Å². The first kappa shape index (κ1) is 25.1. The quantitative estimate of drug-likeness (QED) is 0.157. The minimum Gasteiger partial charge on any atom is -0.504 e. The number of aromatic hydroxyl groups is 2. The van der Waals surface area contributed by atoms with Gasteiger partial charge in [-0.25, -0.2) is 9.97 Å². The van der Waals surface area contributed by atoms with Gasteiger partial charge in [-0.15, -0.1) is 0 Å². The average Bonchev–Trinajstić information content (AvgIpc) is 3.70. The van der Waals surface area contributed by atoms with Crippen LogP contribution in [0.5, 0.6) is 11.5 Å². The molecule has 0 aliphatic carbocycles. The van der Waals surface area contributed by atoms with Gasteiger partial charge < -0.3 is 20.2 Å². The number of rotatable bonds is 6. The maximum atomic E-state index is 11.3. The number of phenolic OH excluding ortho intramolecular Hbond substituents is 2. The minimum absolute atomic E-state index is 0.278. The van der Waals surface area contributed by atoms with E-state index in [1.807, 2.05) is 121 Å². The molecule has 7 aromatic rings. The van der Waals surface area contributed by atoms with Gasteiger partial charge in [0.2, 0.25) is 0 Å². The lowest BCUT2D eigenvalue weighted by atomic mass is 10.1. The summed E-state index contributed by atoms with van der Waals surface area (Å²) in [5.74, 6) is 0.335. The Morgan fingerprint density at radius 1 is 0.381 bits per heavy atom. The number of imidazole rings is 2. The highest BCUT2D eigenvalue weighted by Crippen LogP contribution is 2.44. The van der Waals surface area contributed by atoms with E-state index in [2.05, 4.69) is 9.97 Å². The monoisotopic (exact) mass is 546 g/mol. The second-order valence-electron chi connectivity index (χ2n) is 9.94. The SMILES string of the molecule is Oc1c(-c2nc(-c3ccccc3)c(-c3ccccc3)[nH]2)ccc(-c2nc(-c3ccccc3)c(-c3ccccc3)[nH]2)c1O. The first-order valence-corrected chi connectivity index (χ1v) is 13.6. The van der Waals surface area contributed by atoms with E-state index in [1.54, 1.807) is 12.1 Å². The third-order valence-electron chi connectivity index (χ3n) is 7.29. The Morgan fingerprint density at radius 2 is 0.690 bits per heavy atom. The van der Waals surface area contributed by atoms with Crippen LogP contribution in [0.3, 0.4) is 0 Å². The van der Waals surface area contributed by atoms with Crippen molar-refractivity contribution < 1.29 is 10.2 Å². The summed E-state index contributed by atoms with van der Waals surface area (Å²) in [7, 11) is 0. The fourth-order valence-corrected chi connectivity index (χ4v) is 5.20. The topological polar surface area (TPSA) is 97.8 Å². The van der Waals surface area contributed by atoms with E-state index in [0.29, 0.717) is 22.8 Å². The standard InChI is InChI=1S/C36H26N4O2/c41-33-27(35-37-29(23-13-5-1-6-14-23)30(38-35)24-15-7-2-8-16-24)21-22-28(34(33)42)36-39-31(25-17-9-3-10-18-25)32(40-36)26-19-11-4-12-20-26/h1-22,41-42H,(H,37,38)(H,39,40). The molecule has 0 aliphatic heterocycles. The molecular weight excluding hydrogens is 520 g/mol. The molecule has 7 rings (SSSR count). The van der Waals surface area contributed by atoms with E-state index in [1.165, 1.54) is 0 Å². The molecule has 0 saturated heterocycles. The van der Waals surface area contributed by atoms with E-state index < -0.39 is 0 Å². The summed E-state index contributed by atoms with van der Waals surface area (Å²) in [6.07, 6.45) is 0. The number of hydrogen-bond donors (Lipinski definition) is 4. The number of benzene rings is 5. The first-order valence-electron chi connectivity index (χ1n) is 13.6. The van der Waals surface area contributed by atoms with Crippen LogP contribution in [0.15, 0.2) is 133 Å². The predicted molar refractivity (Wildman–Crippen MR) is 167 cm³/mol. The summed E-state index contributed by atoms with van der Waals surface area (Å²) >= 11 is 0. The van der Waals surface area contributed by atoms with Crippen LogP contribution in [-0.4, -0.2) is 30.1 Å². The lowest BCUT2D eigenvalue weighted by Gasteiger charge is -2.08. The zero-order valence-corrected chi connectivity index (χ0v) is 22.5. The maximum absolute atomic E-state index is 11.3. The van der Waals surface area contributed by atoms with Gasteiger partial charge in [-0.05, 0) is 12.1 Å². The number of H-pyrrole nitrogens is 2. The van der Waals surface area contributed by atoms with Crippen molar-refractivity contribution in [2.45, 2.75) is 0 Å². The number of nitrogens with one attached hydrogen (secondary N) is 2. The van der Waals surface area contributed by atoms with Crippen LogP contribution in [0.2, 0.25) is 0 Å². The van der Waals surface area contributed by atoms with Gasteiger partial charge in [-0.1, -0.05) is 121 Å². The first-order chi connectivity index (χ1) is 20.7. The normalized spacial score (nSPS) is 11.0. The van der Waals surface area contributed by atoms with Crippen molar-refractivity contribution in [3.05, 3.63) is 133 Å². The van der Waals surface area contributed by atoms with Crippen molar-refractivity contribution in [3.8, 4) is 79.3 Å². The Labute approximate surface area is 242 Å². The van der Waals surface area contributed by atoms with E-state index in [-0.39, 0.29) is 11.5 Å². The second kappa shape index (κ2) is 10.6. The Kier molecular flexibility index (Phi) is 6.33. The Bertz CT molecular complexity index is 1720. The fraction of sp³-hybridized carbons (Fsp3) is 0. The van der Waals surface area contributed by atoms with Crippen molar-refractivity contribution >= 4 is 0 Å². The summed E-state index contributed by atoms with van der Waals surface area (Å²) in [6, 6.07) is 43.1. The number of aromatic nitrogens is 4. The van der Waals surface area contributed by atoms with Crippen molar-refractivity contribution in [1.29, 1.82) is 0 Å². The molecule has 202 valence electrons. The van der Waals surface area contributed by atoms with Crippen molar-refractivity contribution in [3.63, 3.8) is 0 Å². The molecule has 2 heterocycles. The van der Waals surface area contributed by atoms with Gasteiger partial charge >= 0.3 is 0 Å². The lowest BCUT2D eigenvalue weighted by Crippen LogP contribution is -1.88. The summed E-state index contributed by atoms with van der Waals surface area (Å²) in [4.78, 5) is 16.5. The molecule has 0 bridgehead atoms. The van der Waals surface area contributed by atoms with E-state index in [0.717, 1.165) is 45.0 Å². The molecule has 0 unspecified atom stereocenters. The highest BCUT2D eigenvalue weighted by atomic mass is 16.3. The Morgan fingerprint density at radius 3 is 1.02 bits per heavy atom. The number of nitrogens with zero attached hydrogens (tertiary/aromatic N) is 2. The van der Waals surface area contributed by atoms with Gasteiger partial charge in [0.1, 0.15) is 11.6 Å². The number of aromatic amines is 2. The highest BCUT2D eigenvalue weighted by molar-refractivity contribution is 5.86. The van der Waals surface area contributed by atoms with E-state index in [9.17, 15) is 10.2 Å². The molecule has 0 saturated carbocycles. The highest BCUT2D eigenvalue weighted by Gasteiger charge is 2.23. The molecule has 0 aliphatic rings. The maximum Gasteiger partial charge on any atom is 0.169 e. The largest absolute Gasteiger partial charge is 0.504 e. The van der Waals surface area contributed by atoms with Crippen LogP contribution in [0, 0.1) is 0 Å². The Hall–Kier alpha value is -5.88.